The van der Waals surface area contributed by atoms with Gasteiger partial charge < -0.3 is 5.32 Å². The summed E-state index contributed by atoms with van der Waals surface area (Å²) in [5, 5.41) is 4.21. The van der Waals surface area contributed by atoms with Gasteiger partial charge in [-0.1, -0.05) is 37.8 Å². The number of aryl methyl sites for hydroxylation is 1. The quantitative estimate of drug-likeness (QED) is 0.627. The van der Waals surface area contributed by atoms with Gasteiger partial charge in [0, 0.05) is 6.04 Å². The molecule has 0 radical (unpaired) electrons. The molecule has 0 bridgehead atoms. The molecule has 1 aliphatic carbocycles. The van der Waals surface area contributed by atoms with Crippen LogP contribution in [-0.2, 0) is 0 Å². The molecular formula is C15H23ClN2. The third-order valence-corrected chi connectivity index (χ3v) is 4.29. The molecule has 1 aliphatic rings. The molecule has 1 fully saturated rings. The molecule has 2 rings (SSSR count). The molecule has 2 atom stereocenters. The molecule has 1 N–H and O–H groups in total. The minimum Gasteiger partial charge on any atom is -0.381 e. The maximum absolute atomic E-state index is 5.88. The summed E-state index contributed by atoms with van der Waals surface area (Å²) in [6, 6.07) is 4.51. The van der Waals surface area contributed by atoms with E-state index in [0.717, 1.165) is 17.3 Å². The van der Waals surface area contributed by atoms with Gasteiger partial charge in [-0.3, -0.25) is 0 Å². The van der Waals surface area contributed by atoms with Gasteiger partial charge >= 0.3 is 0 Å². The summed E-state index contributed by atoms with van der Waals surface area (Å²) in [7, 11) is 0. The number of nitrogens with zero attached hydrogens (tertiary/aromatic N) is 1. The average Bonchev–Trinajstić information content (AvgIpc) is 2.58. The van der Waals surface area contributed by atoms with Crippen molar-refractivity contribution in [1.29, 1.82) is 0 Å². The van der Waals surface area contributed by atoms with E-state index < -0.39 is 0 Å². The summed E-state index contributed by atoms with van der Waals surface area (Å²) < 4.78 is 0. The molecule has 1 saturated carbocycles. The Bertz CT molecular complexity index is 392. The molecule has 2 nitrogen and oxygen atoms in total. The maximum Gasteiger partial charge on any atom is 0.129 e. The van der Waals surface area contributed by atoms with Crippen LogP contribution < -0.4 is 5.32 Å². The molecule has 0 amide bonds. The Kier molecular flexibility index (Phi) is 4.87. The lowest BCUT2D eigenvalue weighted by Gasteiger charge is -2.19. The molecule has 1 aromatic rings. The summed E-state index contributed by atoms with van der Waals surface area (Å²) in [5.74, 6) is 0.932. The van der Waals surface area contributed by atoms with Gasteiger partial charge in [0.25, 0.3) is 0 Å². The van der Waals surface area contributed by atoms with Crippen molar-refractivity contribution in [2.75, 3.05) is 5.32 Å². The Morgan fingerprint density at radius 1 is 1.28 bits per heavy atom. The SMILES string of the molecule is CCC1CCCC(Nc2ccc(Cl)nc2C)CC1. The highest BCUT2D eigenvalue weighted by molar-refractivity contribution is 6.29. The van der Waals surface area contributed by atoms with Crippen molar-refractivity contribution in [2.45, 2.75) is 58.4 Å². The lowest BCUT2D eigenvalue weighted by Crippen LogP contribution is -2.19. The standard InChI is InChI=1S/C15H23ClN2/c1-3-12-5-4-6-13(8-7-12)18-14-9-10-15(16)17-11(14)2/h9-10,12-13,18H,3-8H2,1-2H3. The van der Waals surface area contributed by atoms with Crippen LogP contribution in [0.3, 0.4) is 0 Å². The van der Waals surface area contributed by atoms with Gasteiger partial charge in [-0.2, -0.15) is 0 Å². The number of hydrogen-bond donors (Lipinski definition) is 1. The largest absolute Gasteiger partial charge is 0.381 e. The minimum absolute atomic E-state index is 0.574. The number of hydrogen-bond acceptors (Lipinski definition) is 2. The second-order valence-corrected chi connectivity index (χ2v) is 5.78. The maximum atomic E-state index is 5.88. The van der Waals surface area contributed by atoms with Crippen LogP contribution in [0, 0.1) is 12.8 Å². The molecule has 1 aromatic heterocycles. The fraction of sp³-hybridized carbons (Fsp3) is 0.667. The van der Waals surface area contributed by atoms with Crippen LogP contribution >= 0.6 is 11.6 Å². The number of anilines is 1. The minimum atomic E-state index is 0.574. The summed E-state index contributed by atoms with van der Waals surface area (Å²) in [4.78, 5) is 4.30. The summed E-state index contributed by atoms with van der Waals surface area (Å²) in [6.45, 7) is 4.32. The van der Waals surface area contributed by atoms with Crippen molar-refractivity contribution in [3.05, 3.63) is 23.0 Å². The van der Waals surface area contributed by atoms with Gasteiger partial charge in [-0.15, -0.1) is 0 Å². The molecule has 100 valence electrons. The van der Waals surface area contributed by atoms with Crippen LogP contribution in [0.15, 0.2) is 12.1 Å². The van der Waals surface area contributed by atoms with E-state index in [1.807, 2.05) is 19.1 Å². The van der Waals surface area contributed by atoms with Gasteiger partial charge in [0.15, 0.2) is 0 Å². The van der Waals surface area contributed by atoms with Crippen molar-refractivity contribution < 1.29 is 0 Å². The zero-order valence-electron chi connectivity index (χ0n) is 11.4. The van der Waals surface area contributed by atoms with E-state index in [1.54, 1.807) is 0 Å². The number of pyridine rings is 1. The van der Waals surface area contributed by atoms with Crippen LogP contribution in [0.2, 0.25) is 5.15 Å². The lowest BCUT2D eigenvalue weighted by atomic mass is 9.98. The molecule has 3 heteroatoms. The molecule has 18 heavy (non-hydrogen) atoms. The lowest BCUT2D eigenvalue weighted by molar-refractivity contribution is 0.444. The zero-order valence-corrected chi connectivity index (χ0v) is 12.1. The highest BCUT2D eigenvalue weighted by atomic mass is 35.5. The first-order chi connectivity index (χ1) is 8.69. The van der Waals surface area contributed by atoms with E-state index in [4.69, 9.17) is 11.6 Å². The predicted octanol–water partition coefficient (Wildman–Crippen LogP) is 4.81. The van der Waals surface area contributed by atoms with E-state index in [1.165, 1.54) is 38.5 Å². The molecule has 0 aliphatic heterocycles. The van der Waals surface area contributed by atoms with E-state index >= 15 is 0 Å². The van der Waals surface area contributed by atoms with Crippen LogP contribution in [0.5, 0.6) is 0 Å². The Morgan fingerprint density at radius 2 is 2.11 bits per heavy atom. The first-order valence-corrected chi connectivity index (χ1v) is 7.46. The fourth-order valence-electron chi connectivity index (χ4n) is 2.83. The highest BCUT2D eigenvalue weighted by Gasteiger charge is 2.18. The molecule has 2 unspecified atom stereocenters. The summed E-state index contributed by atoms with van der Waals surface area (Å²) in [5.41, 5.74) is 2.14. The number of aromatic nitrogens is 1. The number of halogens is 1. The second-order valence-electron chi connectivity index (χ2n) is 5.39. The fourth-order valence-corrected chi connectivity index (χ4v) is 3.02. The number of rotatable bonds is 3. The van der Waals surface area contributed by atoms with Crippen molar-refractivity contribution in [3.63, 3.8) is 0 Å². The van der Waals surface area contributed by atoms with Crippen LogP contribution in [-0.4, -0.2) is 11.0 Å². The van der Waals surface area contributed by atoms with Gasteiger partial charge in [-0.05, 0) is 44.2 Å². The molecule has 0 aromatic carbocycles. The normalized spacial score (nSPS) is 24.6. The average molecular weight is 267 g/mol. The Morgan fingerprint density at radius 3 is 2.83 bits per heavy atom. The number of nitrogens with one attached hydrogen (secondary N) is 1. The van der Waals surface area contributed by atoms with Crippen LogP contribution in [0.25, 0.3) is 0 Å². The van der Waals surface area contributed by atoms with E-state index in [9.17, 15) is 0 Å². The van der Waals surface area contributed by atoms with Crippen molar-refractivity contribution in [2.24, 2.45) is 5.92 Å². The zero-order chi connectivity index (χ0) is 13.0. The first-order valence-electron chi connectivity index (χ1n) is 7.08. The van der Waals surface area contributed by atoms with Crippen LogP contribution in [0.4, 0.5) is 5.69 Å². The third-order valence-electron chi connectivity index (χ3n) is 4.08. The monoisotopic (exact) mass is 266 g/mol. The Hall–Kier alpha value is -0.760. The molecule has 0 spiro atoms. The molecule has 1 heterocycles. The third kappa shape index (κ3) is 3.61. The first kappa shape index (κ1) is 13.7. The van der Waals surface area contributed by atoms with Gasteiger partial charge in [-0.25, -0.2) is 4.98 Å². The van der Waals surface area contributed by atoms with Gasteiger partial charge in [0.1, 0.15) is 5.15 Å². The summed E-state index contributed by atoms with van der Waals surface area (Å²) >= 11 is 5.88. The van der Waals surface area contributed by atoms with Crippen molar-refractivity contribution in [3.8, 4) is 0 Å². The smallest absolute Gasteiger partial charge is 0.129 e. The second kappa shape index (κ2) is 6.42. The van der Waals surface area contributed by atoms with Crippen LogP contribution in [0.1, 0.15) is 51.1 Å². The topological polar surface area (TPSA) is 24.9 Å². The summed E-state index contributed by atoms with van der Waals surface area (Å²) in [6.07, 6.45) is 7.98. The van der Waals surface area contributed by atoms with E-state index in [0.29, 0.717) is 11.2 Å². The van der Waals surface area contributed by atoms with Gasteiger partial charge in [0.2, 0.25) is 0 Å². The molecular weight excluding hydrogens is 244 g/mol. The van der Waals surface area contributed by atoms with E-state index in [2.05, 4.69) is 17.2 Å². The predicted molar refractivity (Wildman–Crippen MR) is 78.3 cm³/mol. The Labute approximate surface area is 115 Å². The van der Waals surface area contributed by atoms with E-state index in [-0.39, 0.29) is 0 Å². The van der Waals surface area contributed by atoms with Crippen molar-refractivity contribution in [1.82, 2.24) is 4.98 Å². The van der Waals surface area contributed by atoms with Gasteiger partial charge in [0.05, 0.1) is 11.4 Å². The molecule has 0 saturated heterocycles. The van der Waals surface area contributed by atoms with Crippen molar-refractivity contribution >= 4 is 17.3 Å². The Balaban J connectivity index is 1.96. The highest BCUT2D eigenvalue weighted by Crippen LogP contribution is 2.28.